The van der Waals surface area contributed by atoms with Gasteiger partial charge in [0.2, 0.25) is 5.91 Å². The van der Waals surface area contributed by atoms with E-state index in [1.54, 1.807) is 18.6 Å². The Morgan fingerprint density at radius 1 is 1.26 bits per heavy atom. The van der Waals surface area contributed by atoms with Crippen LogP contribution in [0.5, 0.6) is 0 Å². The number of aromatic nitrogens is 4. The lowest BCUT2D eigenvalue weighted by atomic mass is 9.93. The highest BCUT2D eigenvalue weighted by Crippen LogP contribution is 2.41. The Balaban J connectivity index is 1.06. The molecule has 0 radical (unpaired) electrons. The number of imidazole rings is 1. The number of likely N-dealkylation sites (tertiary alicyclic amines) is 1. The van der Waals surface area contributed by atoms with Gasteiger partial charge in [-0.3, -0.25) is 9.48 Å². The number of hydrogen-bond acceptors (Lipinski definition) is 5. The van der Waals surface area contributed by atoms with Crippen molar-refractivity contribution in [1.82, 2.24) is 29.5 Å². The molecular formula is C23H29F3N6OS. The van der Waals surface area contributed by atoms with Crippen LogP contribution in [-0.4, -0.2) is 62.5 Å². The topological polar surface area (TPSA) is 68.0 Å². The summed E-state index contributed by atoms with van der Waals surface area (Å²) in [6.07, 6.45) is 4.74. The fourth-order valence-electron chi connectivity index (χ4n) is 5.00. The zero-order valence-electron chi connectivity index (χ0n) is 18.9. The van der Waals surface area contributed by atoms with E-state index in [1.807, 2.05) is 16.1 Å². The van der Waals surface area contributed by atoms with E-state index in [0.29, 0.717) is 18.0 Å². The van der Waals surface area contributed by atoms with E-state index in [4.69, 9.17) is 0 Å². The van der Waals surface area contributed by atoms with Crippen LogP contribution in [0.25, 0.3) is 10.2 Å². The molecule has 0 spiro atoms. The summed E-state index contributed by atoms with van der Waals surface area (Å²) < 4.78 is 42.8. The minimum absolute atomic E-state index is 0.106. The standard InChI is InChI=1S/C23H29F3N6OS/c24-23(25,26)14-32-19-4-11-34-21(19)20(29-32)16-2-8-30(9-3-16)13-17-12-18(17)22(33)28-5-1-7-31-10-6-27-15-31/h4,6,10-11,15-18H,1-3,5,7-9,12-14H2,(H,28,33)/t17?,18-/m1/s1. The molecule has 34 heavy (non-hydrogen) atoms. The lowest BCUT2D eigenvalue weighted by molar-refractivity contribution is -0.141. The van der Waals surface area contributed by atoms with Crippen LogP contribution < -0.4 is 5.32 Å². The van der Waals surface area contributed by atoms with Gasteiger partial charge in [0.1, 0.15) is 6.54 Å². The molecule has 0 bridgehead atoms. The molecule has 1 amide bonds. The number of hydrogen-bond donors (Lipinski definition) is 1. The Bertz CT molecular complexity index is 1100. The Morgan fingerprint density at radius 2 is 2.09 bits per heavy atom. The van der Waals surface area contributed by atoms with Crippen LogP contribution in [0.2, 0.25) is 0 Å². The highest BCUT2D eigenvalue weighted by molar-refractivity contribution is 7.17. The van der Waals surface area contributed by atoms with Gasteiger partial charge in [0.15, 0.2) is 0 Å². The van der Waals surface area contributed by atoms with Crippen molar-refractivity contribution < 1.29 is 18.0 Å². The van der Waals surface area contributed by atoms with Crippen molar-refractivity contribution in [1.29, 1.82) is 0 Å². The predicted octanol–water partition coefficient (Wildman–Crippen LogP) is 3.88. The summed E-state index contributed by atoms with van der Waals surface area (Å²) in [7, 11) is 0. The number of rotatable bonds is 9. The van der Waals surface area contributed by atoms with Gasteiger partial charge in [-0.25, -0.2) is 4.98 Å². The number of carbonyl (C=O) groups excluding carboxylic acids is 1. The summed E-state index contributed by atoms with van der Waals surface area (Å²) in [5.41, 5.74) is 1.39. The van der Waals surface area contributed by atoms with Crippen LogP contribution in [0.15, 0.2) is 30.2 Å². The van der Waals surface area contributed by atoms with Crippen LogP contribution >= 0.6 is 11.3 Å². The molecule has 11 heteroatoms. The lowest BCUT2D eigenvalue weighted by Gasteiger charge is -2.31. The number of carbonyl (C=O) groups is 1. The maximum absolute atomic E-state index is 12.9. The fourth-order valence-corrected chi connectivity index (χ4v) is 5.95. The molecule has 0 aromatic carbocycles. The van der Waals surface area contributed by atoms with Crippen molar-refractivity contribution in [2.45, 2.75) is 50.9 Å². The van der Waals surface area contributed by atoms with Gasteiger partial charge >= 0.3 is 6.18 Å². The van der Waals surface area contributed by atoms with E-state index in [0.717, 1.165) is 66.9 Å². The second-order valence-corrected chi connectivity index (χ2v) is 10.3. The Kier molecular flexibility index (Phi) is 6.65. The Labute approximate surface area is 199 Å². The first-order chi connectivity index (χ1) is 16.4. The normalized spacial score (nSPS) is 21.9. The smallest absolute Gasteiger partial charge is 0.356 e. The maximum Gasteiger partial charge on any atom is 0.408 e. The van der Waals surface area contributed by atoms with Crippen molar-refractivity contribution in [2.24, 2.45) is 11.8 Å². The lowest BCUT2D eigenvalue weighted by Crippen LogP contribution is -2.35. The van der Waals surface area contributed by atoms with Gasteiger partial charge in [-0.2, -0.15) is 18.3 Å². The van der Waals surface area contributed by atoms with E-state index >= 15 is 0 Å². The summed E-state index contributed by atoms with van der Waals surface area (Å²) in [5.74, 6) is 0.844. The number of aryl methyl sites for hydroxylation is 1. The molecule has 1 unspecified atom stereocenters. The minimum Gasteiger partial charge on any atom is -0.356 e. The van der Waals surface area contributed by atoms with Crippen LogP contribution in [-0.2, 0) is 17.9 Å². The van der Waals surface area contributed by atoms with E-state index in [-0.39, 0.29) is 17.7 Å². The third-order valence-electron chi connectivity index (χ3n) is 6.89. The molecular weight excluding hydrogens is 465 g/mol. The first-order valence-corrected chi connectivity index (χ1v) is 12.7. The van der Waals surface area contributed by atoms with Crippen LogP contribution in [0.4, 0.5) is 13.2 Å². The Hall–Kier alpha value is -2.40. The summed E-state index contributed by atoms with van der Waals surface area (Å²) in [4.78, 5) is 18.8. The molecule has 4 heterocycles. The predicted molar refractivity (Wildman–Crippen MR) is 124 cm³/mol. The average molecular weight is 495 g/mol. The van der Waals surface area contributed by atoms with Crippen molar-refractivity contribution in [3.63, 3.8) is 0 Å². The van der Waals surface area contributed by atoms with Crippen LogP contribution in [0, 0.1) is 11.8 Å². The van der Waals surface area contributed by atoms with E-state index < -0.39 is 12.7 Å². The van der Waals surface area contributed by atoms with Crippen molar-refractivity contribution >= 4 is 27.5 Å². The molecule has 3 aromatic rings. The molecule has 2 fully saturated rings. The molecule has 184 valence electrons. The first-order valence-electron chi connectivity index (χ1n) is 11.8. The third-order valence-corrected chi connectivity index (χ3v) is 7.82. The number of alkyl halides is 3. The molecule has 7 nitrogen and oxygen atoms in total. The van der Waals surface area contributed by atoms with E-state index in [1.165, 1.54) is 11.3 Å². The molecule has 2 atom stereocenters. The summed E-state index contributed by atoms with van der Waals surface area (Å²) >= 11 is 1.47. The van der Waals surface area contributed by atoms with Crippen LogP contribution in [0.3, 0.4) is 0 Å². The number of nitrogens with one attached hydrogen (secondary N) is 1. The molecule has 1 saturated heterocycles. The van der Waals surface area contributed by atoms with Gasteiger partial charge in [0.05, 0.1) is 22.2 Å². The number of piperidine rings is 1. The van der Waals surface area contributed by atoms with Gasteiger partial charge in [0, 0.05) is 43.9 Å². The van der Waals surface area contributed by atoms with Crippen molar-refractivity contribution in [3.05, 3.63) is 35.9 Å². The molecule has 2 aliphatic rings. The Morgan fingerprint density at radius 3 is 2.82 bits per heavy atom. The van der Waals surface area contributed by atoms with E-state index in [9.17, 15) is 18.0 Å². The number of fused-ring (bicyclic) bond motifs is 1. The zero-order chi connectivity index (χ0) is 23.7. The maximum atomic E-state index is 12.9. The van der Waals surface area contributed by atoms with Gasteiger partial charge in [-0.15, -0.1) is 11.3 Å². The monoisotopic (exact) mass is 494 g/mol. The van der Waals surface area contributed by atoms with Gasteiger partial charge in [-0.1, -0.05) is 0 Å². The van der Waals surface area contributed by atoms with Crippen molar-refractivity contribution in [2.75, 3.05) is 26.2 Å². The minimum atomic E-state index is -4.28. The summed E-state index contributed by atoms with van der Waals surface area (Å²) in [5, 5.41) is 9.27. The molecule has 1 aliphatic heterocycles. The second kappa shape index (κ2) is 9.69. The second-order valence-electron chi connectivity index (χ2n) is 9.42. The largest absolute Gasteiger partial charge is 0.408 e. The van der Waals surface area contributed by atoms with Gasteiger partial charge in [-0.05, 0) is 56.1 Å². The number of nitrogens with zero attached hydrogens (tertiary/aromatic N) is 5. The molecule has 1 aliphatic carbocycles. The first kappa shape index (κ1) is 23.3. The summed E-state index contributed by atoms with van der Waals surface area (Å²) in [6.45, 7) is 3.16. The van der Waals surface area contributed by atoms with Crippen molar-refractivity contribution in [3.8, 4) is 0 Å². The highest BCUT2D eigenvalue weighted by atomic mass is 32.1. The van der Waals surface area contributed by atoms with Gasteiger partial charge in [0.25, 0.3) is 0 Å². The molecule has 3 aromatic heterocycles. The number of thiophene rings is 1. The number of amides is 1. The fraction of sp³-hybridized carbons (Fsp3) is 0.609. The SMILES string of the molecule is O=C(NCCCn1ccnc1)[C@@H]1CC1CN1CCC(c2nn(CC(F)(F)F)c3ccsc23)CC1. The molecule has 1 saturated carbocycles. The average Bonchev–Trinajstić information content (AvgIpc) is 3.16. The summed E-state index contributed by atoms with van der Waals surface area (Å²) in [6, 6.07) is 1.73. The zero-order valence-corrected chi connectivity index (χ0v) is 19.7. The highest BCUT2D eigenvalue weighted by Gasteiger charge is 2.44. The quantitative estimate of drug-likeness (QED) is 0.459. The van der Waals surface area contributed by atoms with Crippen LogP contribution in [0.1, 0.15) is 37.3 Å². The van der Waals surface area contributed by atoms with E-state index in [2.05, 4.69) is 20.3 Å². The molecule has 1 N–H and O–H groups in total. The molecule has 5 rings (SSSR count). The third kappa shape index (κ3) is 5.46. The van der Waals surface area contributed by atoms with Gasteiger partial charge < -0.3 is 14.8 Å². The number of halogens is 3.